The van der Waals surface area contributed by atoms with Gasteiger partial charge in [-0.3, -0.25) is 4.79 Å². The lowest BCUT2D eigenvalue weighted by atomic mass is 9.74. The Labute approximate surface area is 98.6 Å². The molecule has 1 spiro atoms. The van der Waals surface area contributed by atoms with Crippen LogP contribution in [0, 0.1) is 5.41 Å². The fraction of sp³-hybridized carbons (Fsp3) is 0.667. The number of carbonyl (C=O) groups is 1. The Morgan fingerprint density at radius 1 is 1.31 bits per heavy atom. The molecule has 88 valence electrons. The zero-order chi connectivity index (χ0) is 11.4. The fourth-order valence-corrected chi connectivity index (χ4v) is 3.23. The van der Waals surface area contributed by atoms with Gasteiger partial charge in [0.1, 0.15) is 0 Å². The highest BCUT2D eigenvalue weighted by molar-refractivity contribution is 5.95. The molecule has 0 heterocycles. The summed E-state index contributed by atoms with van der Waals surface area (Å²) in [4.78, 5) is 12.0. The average molecular weight is 218 g/mol. The first-order chi connectivity index (χ1) is 7.76. The monoisotopic (exact) mass is 218 g/mol. The van der Waals surface area contributed by atoms with E-state index in [1.807, 2.05) is 6.08 Å². The van der Waals surface area contributed by atoms with E-state index in [1.54, 1.807) is 0 Å². The summed E-state index contributed by atoms with van der Waals surface area (Å²) in [6.07, 6.45) is 14.5. The molecule has 1 fully saturated rings. The van der Waals surface area contributed by atoms with Crippen molar-refractivity contribution in [3.63, 3.8) is 0 Å². The topological polar surface area (TPSA) is 17.1 Å². The first-order valence-corrected chi connectivity index (χ1v) is 6.62. The van der Waals surface area contributed by atoms with E-state index in [9.17, 15) is 4.79 Å². The molecule has 1 nitrogen and oxygen atoms in total. The van der Waals surface area contributed by atoms with Crippen molar-refractivity contribution in [1.29, 1.82) is 0 Å². The van der Waals surface area contributed by atoms with E-state index < -0.39 is 0 Å². The minimum atomic E-state index is 0.367. The van der Waals surface area contributed by atoms with Crippen LogP contribution in [0.2, 0.25) is 0 Å². The van der Waals surface area contributed by atoms with Gasteiger partial charge in [0, 0.05) is 6.42 Å². The van der Waals surface area contributed by atoms with Gasteiger partial charge in [-0.15, -0.1) is 6.58 Å². The normalized spacial score (nSPS) is 23.1. The largest absolute Gasteiger partial charge is 0.295 e. The van der Waals surface area contributed by atoms with Crippen molar-refractivity contribution in [2.24, 2.45) is 5.41 Å². The minimum Gasteiger partial charge on any atom is -0.295 e. The van der Waals surface area contributed by atoms with Crippen LogP contribution in [0.5, 0.6) is 0 Å². The lowest BCUT2D eigenvalue weighted by Gasteiger charge is -2.30. The fourth-order valence-electron chi connectivity index (χ4n) is 3.23. The minimum absolute atomic E-state index is 0.367. The summed E-state index contributed by atoms with van der Waals surface area (Å²) in [5.41, 5.74) is 1.53. The number of hydrogen-bond donors (Lipinski definition) is 0. The van der Waals surface area contributed by atoms with E-state index in [0.29, 0.717) is 17.6 Å². The molecule has 0 bridgehead atoms. The van der Waals surface area contributed by atoms with E-state index >= 15 is 0 Å². The quantitative estimate of drug-likeness (QED) is 0.646. The molecule has 1 saturated carbocycles. The van der Waals surface area contributed by atoms with E-state index in [-0.39, 0.29) is 0 Å². The number of carbonyl (C=O) groups excluding carboxylic acids is 1. The summed E-state index contributed by atoms with van der Waals surface area (Å²) in [5.74, 6) is 0.367. The first-order valence-electron chi connectivity index (χ1n) is 6.62. The molecule has 16 heavy (non-hydrogen) atoms. The maximum atomic E-state index is 12.0. The molecule has 0 aliphatic heterocycles. The first kappa shape index (κ1) is 11.6. The second-order valence-electron chi connectivity index (χ2n) is 5.34. The van der Waals surface area contributed by atoms with Crippen molar-refractivity contribution in [1.82, 2.24) is 0 Å². The van der Waals surface area contributed by atoms with Gasteiger partial charge in [0.05, 0.1) is 0 Å². The van der Waals surface area contributed by atoms with Crippen molar-refractivity contribution in [2.75, 3.05) is 0 Å². The molecular weight excluding hydrogens is 196 g/mol. The number of Topliss-reactive ketones (excluding diaryl/α,β-unsaturated/α-hetero) is 1. The Morgan fingerprint density at radius 3 is 2.69 bits per heavy atom. The molecule has 0 N–H and O–H groups in total. The van der Waals surface area contributed by atoms with Crippen LogP contribution in [0.4, 0.5) is 0 Å². The molecule has 1 heteroatoms. The van der Waals surface area contributed by atoms with Crippen molar-refractivity contribution < 1.29 is 4.79 Å². The van der Waals surface area contributed by atoms with Gasteiger partial charge < -0.3 is 0 Å². The smallest absolute Gasteiger partial charge is 0.158 e. The summed E-state index contributed by atoms with van der Waals surface area (Å²) in [6.45, 7) is 3.68. The van der Waals surface area contributed by atoms with Crippen molar-refractivity contribution in [2.45, 2.75) is 57.8 Å². The predicted molar refractivity (Wildman–Crippen MR) is 67.3 cm³/mol. The Bertz CT molecular complexity index is 305. The van der Waals surface area contributed by atoms with Gasteiger partial charge in [-0.25, -0.2) is 0 Å². The predicted octanol–water partition coefficient (Wildman–Crippen LogP) is 4.19. The molecule has 0 amide bonds. The molecule has 2 rings (SSSR count). The Kier molecular flexibility index (Phi) is 3.63. The van der Waals surface area contributed by atoms with Gasteiger partial charge in [0.15, 0.2) is 5.78 Å². The zero-order valence-electron chi connectivity index (χ0n) is 10.1. The SMILES string of the molecule is C=CCCC(=O)C1=CC2(CCCC2)CCC1. The van der Waals surface area contributed by atoms with Crippen LogP contribution >= 0.6 is 0 Å². The van der Waals surface area contributed by atoms with Crippen molar-refractivity contribution in [3.8, 4) is 0 Å². The van der Waals surface area contributed by atoms with Crippen LogP contribution in [-0.2, 0) is 4.79 Å². The standard InChI is InChI=1S/C15H22O/c1-2-3-8-14(16)13-7-6-11-15(12-13)9-4-5-10-15/h2,12H,1,3-11H2. The molecule has 0 radical (unpaired) electrons. The van der Waals surface area contributed by atoms with Gasteiger partial charge in [0.25, 0.3) is 0 Å². The Balaban J connectivity index is 2.05. The number of rotatable bonds is 4. The highest BCUT2D eigenvalue weighted by Crippen LogP contribution is 2.47. The van der Waals surface area contributed by atoms with Crippen LogP contribution in [0.25, 0.3) is 0 Å². The van der Waals surface area contributed by atoms with Gasteiger partial charge in [0.2, 0.25) is 0 Å². The molecule has 0 aromatic carbocycles. The molecule has 0 aromatic rings. The summed E-state index contributed by atoms with van der Waals surface area (Å²) >= 11 is 0. The third kappa shape index (κ3) is 2.45. The highest BCUT2D eigenvalue weighted by Gasteiger charge is 2.34. The molecule has 0 aromatic heterocycles. The van der Waals surface area contributed by atoms with E-state index in [1.165, 1.54) is 38.5 Å². The number of allylic oxidation sites excluding steroid dienone is 3. The van der Waals surface area contributed by atoms with Gasteiger partial charge >= 0.3 is 0 Å². The lowest BCUT2D eigenvalue weighted by molar-refractivity contribution is -0.115. The summed E-state index contributed by atoms with van der Waals surface area (Å²) < 4.78 is 0. The second-order valence-corrected chi connectivity index (χ2v) is 5.34. The molecule has 0 unspecified atom stereocenters. The lowest BCUT2D eigenvalue weighted by Crippen LogP contribution is -2.20. The van der Waals surface area contributed by atoms with Gasteiger partial charge in [-0.1, -0.05) is 25.0 Å². The van der Waals surface area contributed by atoms with Crippen LogP contribution in [0.15, 0.2) is 24.3 Å². The van der Waals surface area contributed by atoms with Gasteiger partial charge in [-0.2, -0.15) is 0 Å². The van der Waals surface area contributed by atoms with E-state index in [4.69, 9.17) is 0 Å². The summed E-state index contributed by atoms with van der Waals surface area (Å²) in [7, 11) is 0. The maximum Gasteiger partial charge on any atom is 0.158 e. The van der Waals surface area contributed by atoms with Crippen LogP contribution in [0.1, 0.15) is 57.8 Å². The molecule has 0 saturated heterocycles. The Hall–Kier alpha value is -0.850. The summed E-state index contributed by atoms with van der Waals surface area (Å²) in [6, 6.07) is 0. The average Bonchev–Trinajstić information content (AvgIpc) is 2.74. The van der Waals surface area contributed by atoms with E-state index in [0.717, 1.165) is 18.4 Å². The number of hydrogen-bond acceptors (Lipinski definition) is 1. The third-order valence-corrected chi connectivity index (χ3v) is 4.13. The molecular formula is C15H22O. The maximum absolute atomic E-state index is 12.0. The van der Waals surface area contributed by atoms with Crippen LogP contribution in [0.3, 0.4) is 0 Å². The molecule has 2 aliphatic carbocycles. The third-order valence-electron chi connectivity index (χ3n) is 4.13. The van der Waals surface area contributed by atoms with Crippen molar-refractivity contribution >= 4 is 5.78 Å². The molecule has 0 atom stereocenters. The van der Waals surface area contributed by atoms with Crippen molar-refractivity contribution in [3.05, 3.63) is 24.3 Å². The second kappa shape index (κ2) is 4.99. The van der Waals surface area contributed by atoms with E-state index in [2.05, 4.69) is 12.7 Å². The van der Waals surface area contributed by atoms with Crippen LogP contribution < -0.4 is 0 Å². The summed E-state index contributed by atoms with van der Waals surface area (Å²) in [5, 5.41) is 0. The highest BCUT2D eigenvalue weighted by atomic mass is 16.1. The Morgan fingerprint density at radius 2 is 2.00 bits per heavy atom. The van der Waals surface area contributed by atoms with Crippen LogP contribution in [-0.4, -0.2) is 5.78 Å². The molecule has 2 aliphatic rings. The number of ketones is 1. The van der Waals surface area contributed by atoms with Gasteiger partial charge in [-0.05, 0) is 49.5 Å². The zero-order valence-corrected chi connectivity index (χ0v) is 10.1.